The molecular formula is C18H17ClN2O3S. The Hall–Kier alpha value is -2.18. The molecule has 0 saturated heterocycles. The molecule has 5 nitrogen and oxygen atoms in total. The zero-order valence-corrected chi connectivity index (χ0v) is 15.7. The van der Waals surface area contributed by atoms with Crippen LogP contribution in [-0.4, -0.2) is 29.7 Å². The van der Waals surface area contributed by atoms with Gasteiger partial charge in [0.25, 0.3) is 0 Å². The molecule has 0 saturated carbocycles. The highest BCUT2D eigenvalue weighted by molar-refractivity contribution is 7.20. The molecule has 0 fully saturated rings. The molecule has 0 unspecified atom stereocenters. The lowest BCUT2D eigenvalue weighted by molar-refractivity contribution is 0.0531. The van der Waals surface area contributed by atoms with Crippen molar-refractivity contribution >= 4 is 39.1 Å². The number of aryl methyl sites for hydroxylation is 1. The monoisotopic (exact) mass is 376 g/mol. The Morgan fingerprint density at radius 1 is 1.28 bits per heavy atom. The second-order valence-electron chi connectivity index (χ2n) is 5.38. The molecule has 0 atom stereocenters. The van der Waals surface area contributed by atoms with E-state index in [9.17, 15) is 4.79 Å². The van der Waals surface area contributed by atoms with Crippen molar-refractivity contribution in [1.29, 1.82) is 0 Å². The average Bonchev–Trinajstić information content (AvgIpc) is 2.93. The maximum Gasteiger partial charge on any atom is 0.348 e. The van der Waals surface area contributed by atoms with Crippen molar-refractivity contribution in [1.82, 2.24) is 9.97 Å². The van der Waals surface area contributed by atoms with E-state index in [1.54, 1.807) is 14.0 Å². The van der Waals surface area contributed by atoms with E-state index >= 15 is 0 Å². The smallest absolute Gasteiger partial charge is 0.348 e. The first-order valence-corrected chi connectivity index (χ1v) is 8.99. The Bertz CT molecular complexity index is 939. The van der Waals surface area contributed by atoms with E-state index < -0.39 is 0 Å². The molecule has 3 rings (SSSR count). The lowest BCUT2D eigenvalue weighted by atomic mass is 10.1. The van der Waals surface area contributed by atoms with Crippen LogP contribution in [0, 0.1) is 6.92 Å². The quantitative estimate of drug-likeness (QED) is 0.487. The lowest BCUT2D eigenvalue weighted by Gasteiger charge is -2.07. The summed E-state index contributed by atoms with van der Waals surface area (Å²) in [6, 6.07) is 7.70. The molecule has 0 N–H and O–H groups in total. The number of para-hydroxylation sites is 1. The van der Waals surface area contributed by atoms with Crippen LogP contribution in [0.25, 0.3) is 10.2 Å². The number of aromatic nitrogens is 2. The Balaban J connectivity index is 2.03. The number of hydrogen-bond acceptors (Lipinski definition) is 6. The van der Waals surface area contributed by atoms with E-state index in [4.69, 9.17) is 21.1 Å². The Morgan fingerprint density at radius 3 is 2.76 bits per heavy atom. The van der Waals surface area contributed by atoms with Gasteiger partial charge in [0.05, 0.1) is 19.1 Å². The van der Waals surface area contributed by atoms with Crippen LogP contribution in [-0.2, 0) is 11.2 Å². The van der Waals surface area contributed by atoms with Crippen molar-refractivity contribution in [2.45, 2.75) is 20.3 Å². The van der Waals surface area contributed by atoms with Gasteiger partial charge >= 0.3 is 5.97 Å². The van der Waals surface area contributed by atoms with Gasteiger partial charge in [0, 0.05) is 12.0 Å². The molecule has 7 heteroatoms. The van der Waals surface area contributed by atoms with Crippen molar-refractivity contribution in [3.63, 3.8) is 0 Å². The highest BCUT2D eigenvalue weighted by Crippen LogP contribution is 2.34. The molecule has 25 heavy (non-hydrogen) atoms. The van der Waals surface area contributed by atoms with Crippen LogP contribution in [0.4, 0.5) is 0 Å². The van der Waals surface area contributed by atoms with E-state index in [1.807, 2.05) is 31.2 Å². The summed E-state index contributed by atoms with van der Waals surface area (Å²) in [7, 11) is 1.63. The number of methoxy groups -OCH3 is 1. The van der Waals surface area contributed by atoms with Gasteiger partial charge in [0.2, 0.25) is 0 Å². The van der Waals surface area contributed by atoms with Crippen LogP contribution < -0.4 is 4.74 Å². The molecule has 0 radical (unpaired) electrons. The van der Waals surface area contributed by atoms with Crippen LogP contribution in [0.5, 0.6) is 5.75 Å². The standard InChI is InChI=1S/C18H17ClN2O3S/c1-4-24-18(22)15-10(2)14-16(19)20-13(21-17(14)25-15)9-11-7-5-6-8-12(11)23-3/h5-8H,4,9H2,1-3H3. The van der Waals surface area contributed by atoms with E-state index in [0.717, 1.165) is 16.9 Å². The zero-order valence-electron chi connectivity index (χ0n) is 14.1. The first kappa shape index (κ1) is 17.6. The summed E-state index contributed by atoms with van der Waals surface area (Å²) >= 11 is 7.65. The fraction of sp³-hybridized carbons (Fsp3) is 0.278. The molecule has 2 aromatic heterocycles. The van der Waals surface area contributed by atoms with Crippen LogP contribution in [0.3, 0.4) is 0 Å². The number of carbonyl (C=O) groups is 1. The third kappa shape index (κ3) is 3.45. The predicted molar refractivity (Wildman–Crippen MR) is 98.9 cm³/mol. The Labute approximate surface area is 154 Å². The van der Waals surface area contributed by atoms with Gasteiger partial charge in [0.15, 0.2) is 0 Å². The first-order valence-electron chi connectivity index (χ1n) is 7.79. The fourth-order valence-corrected chi connectivity index (χ4v) is 4.10. The number of halogens is 1. The molecule has 0 aliphatic heterocycles. The fourth-order valence-electron chi connectivity index (χ4n) is 2.62. The Kier molecular flexibility index (Phi) is 5.20. The minimum atomic E-state index is -0.356. The third-order valence-corrected chi connectivity index (χ3v) is 5.23. The number of rotatable bonds is 5. The Morgan fingerprint density at radius 2 is 2.04 bits per heavy atom. The molecule has 0 spiro atoms. The van der Waals surface area contributed by atoms with Crippen molar-refractivity contribution in [2.75, 3.05) is 13.7 Å². The van der Waals surface area contributed by atoms with E-state index in [2.05, 4.69) is 9.97 Å². The molecule has 2 heterocycles. The average molecular weight is 377 g/mol. The number of esters is 1. The highest BCUT2D eigenvalue weighted by atomic mass is 35.5. The highest BCUT2D eigenvalue weighted by Gasteiger charge is 2.21. The number of hydrogen-bond donors (Lipinski definition) is 0. The van der Waals surface area contributed by atoms with Gasteiger partial charge in [-0.2, -0.15) is 0 Å². The molecule has 0 amide bonds. The van der Waals surface area contributed by atoms with Crippen LogP contribution in [0.1, 0.15) is 33.5 Å². The van der Waals surface area contributed by atoms with Gasteiger partial charge in [-0.15, -0.1) is 11.3 Å². The molecule has 0 aliphatic carbocycles. The van der Waals surface area contributed by atoms with Gasteiger partial charge in [-0.25, -0.2) is 14.8 Å². The predicted octanol–water partition coefficient (Wildman–Crippen LogP) is 4.43. The van der Waals surface area contributed by atoms with Gasteiger partial charge < -0.3 is 9.47 Å². The molecule has 130 valence electrons. The van der Waals surface area contributed by atoms with Crippen molar-refractivity contribution in [2.24, 2.45) is 0 Å². The number of carbonyl (C=O) groups excluding carboxylic acids is 1. The maximum absolute atomic E-state index is 12.1. The van der Waals surface area contributed by atoms with Gasteiger partial charge in [-0.05, 0) is 25.5 Å². The van der Waals surface area contributed by atoms with Crippen LogP contribution >= 0.6 is 22.9 Å². The summed E-state index contributed by atoms with van der Waals surface area (Å²) in [6.07, 6.45) is 0.491. The van der Waals surface area contributed by atoms with Crippen molar-refractivity contribution < 1.29 is 14.3 Å². The third-order valence-electron chi connectivity index (χ3n) is 3.79. The minimum Gasteiger partial charge on any atom is -0.496 e. The van der Waals surface area contributed by atoms with E-state index in [1.165, 1.54) is 11.3 Å². The second kappa shape index (κ2) is 7.37. The number of ether oxygens (including phenoxy) is 2. The van der Waals surface area contributed by atoms with Gasteiger partial charge in [-0.1, -0.05) is 29.8 Å². The zero-order chi connectivity index (χ0) is 18.0. The van der Waals surface area contributed by atoms with Crippen molar-refractivity contribution in [3.8, 4) is 5.75 Å². The van der Waals surface area contributed by atoms with Crippen molar-refractivity contribution in [3.05, 3.63) is 51.2 Å². The minimum absolute atomic E-state index is 0.324. The normalized spacial score (nSPS) is 10.9. The summed E-state index contributed by atoms with van der Waals surface area (Å²) in [5.41, 5.74) is 1.73. The largest absolute Gasteiger partial charge is 0.496 e. The lowest BCUT2D eigenvalue weighted by Crippen LogP contribution is -2.03. The number of fused-ring (bicyclic) bond motifs is 1. The summed E-state index contributed by atoms with van der Waals surface area (Å²) in [5, 5.41) is 1.05. The van der Waals surface area contributed by atoms with Crippen LogP contribution in [0.2, 0.25) is 5.15 Å². The molecular weight excluding hydrogens is 360 g/mol. The molecule has 0 aliphatic rings. The summed E-state index contributed by atoms with van der Waals surface area (Å²) in [5.74, 6) is 1.00. The summed E-state index contributed by atoms with van der Waals surface area (Å²) < 4.78 is 10.5. The first-order chi connectivity index (χ1) is 12.0. The van der Waals surface area contributed by atoms with E-state index in [-0.39, 0.29) is 5.97 Å². The molecule has 0 bridgehead atoms. The second-order valence-corrected chi connectivity index (χ2v) is 6.73. The number of nitrogens with zero attached hydrogens (tertiary/aromatic N) is 2. The molecule has 1 aromatic carbocycles. The maximum atomic E-state index is 12.1. The summed E-state index contributed by atoms with van der Waals surface area (Å²) in [4.78, 5) is 22.3. The SMILES string of the molecule is CCOC(=O)c1sc2nc(Cc3ccccc3OC)nc(Cl)c2c1C. The van der Waals surface area contributed by atoms with Gasteiger partial charge in [-0.3, -0.25) is 0 Å². The molecule has 3 aromatic rings. The number of thiophene rings is 1. The van der Waals surface area contributed by atoms with Crippen LogP contribution in [0.15, 0.2) is 24.3 Å². The van der Waals surface area contributed by atoms with Gasteiger partial charge in [0.1, 0.15) is 26.4 Å². The number of benzene rings is 1. The summed E-state index contributed by atoms with van der Waals surface area (Å²) in [6.45, 7) is 3.93. The van der Waals surface area contributed by atoms with E-state index in [0.29, 0.717) is 39.1 Å². The topological polar surface area (TPSA) is 61.3 Å².